The van der Waals surface area contributed by atoms with Crippen LogP contribution in [-0.4, -0.2) is 72.0 Å². The molecule has 0 unspecified atom stereocenters. The third-order valence-corrected chi connectivity index (χ3v) is 4.77. The summed E-state index contributed by atoms with van der Waals surface area (Å²) in [5.74, 6) is -4.56. The van der Waals surface area contributed by atoms with E-state index in [1.54, 1.807) is 19.0 Å². The number of hydrogen-bond acceptors (Lipinski definition) is 6. The number of alkyl halides is 8. The monoisotopic (exact) mass is 506 g/mol. The number of aldehydes is 2. The van der Waals surface area contributed by atoms with E-state index in [1.807, 2.05) is 0 Å². The van der Waals surface area contributed by atoms with E-state index < -0.39 is 36.2 Å². The smallest absolute Gasteiger partial charge is 0.303 e. The van der Waals surface area contributed by atoms with E-state index in [0.717, 1.165) is 6.29 Å². The van der Waals surface area contributed by atoms with E-state index in [9.17, 15) is 44.7 Å². The maximum absolute atomic E-state index is 13.1. The Hall–Kier alpha value is -2.22. The van der Waals surface area contributed by atoms with Crippen molar-refractivity contribution in [3.05, 3.63) is 22.8 Å². The maximum Gasteiger partial charge on any atom is 0.451 e. The van der Waals surface area contributed by atoms with Crippen LogP contribution in [0.15, 0.2) is 0 Å². The lowest BCUT2D eigenvalue weighted by atomic mass is 10.0. The van der Waals surface area contributed by atoms with Crippen LogP contribution in [0.1, 0.15) is 48.5 Å². The van der Waals surface area contributed by atoms with Gasteiger partial charge >= 0.3 is 12.4 Å². The van der Waals surface area contributed by atoms with Crippen LogP contribution in [0.4, 0.5) is 35.1 Å². The number of carbonyl (C=O) groups is 2. The zero-order valence-corrected chi connectivity index (χ0v) is 18.6. The highest BCUT2D eigenvalue weighted by Gasteiger charge is 2.43. The van der Waals surface area contributed by atoms with Gasteiger partial charge in [0.2, 0.25) is 5.82 Å². The number of fused-ring (bicyclic) bond motifs is 1. The van der Waals surface area contributed by atoms with Gasteiger partial charge in [-0.25, -0.2) is 18.7 Å². The molecule has 34 heavy (non-hydrogen) atoms. The average Bonchev–Trinajstić information content (AvgIpc) is 2.70. The molecule has 6 nitrogen and oxygen atoms in total. The largest absolute Gasteiger partial charge is 0.451 e. The molecule has 1 aromatic heterocycles. The third kappa shape index (κ3) is 9.95. The van der Waals surface area contributed by atoms with Crippen molar-refractivity contribution in [2.24, 2.45) is 0 Å². The summed E-state index contributed by atoms with van der Waals surface area (Å²) in [6.45, 7) is 0.379. The fraction of sp³-hybridized carbons (Fsp3) is 0.700. The Morgan fingerprint density at radius 3 is 2.12 bits per heavy atom. The van der Waals surface area contributed by atoms with E-state index in [-0.39, 0.29) is 37.2 Å². The quantitative estimate of drug-likeness (QED) is 0.287. The molecule has 0 aromatic carbocycles. The molecule has 1 aliphatic rings. The Kier molecular flexibility index (Phi) is 10.9. The zero-order valence-electron chi connectivity index (χ0n) is 18.6. The molecule has 0 bridgehead atoms. The standard InChI is InChI=1S/C10H9F6N3.C10H17F2NO2/c1-19-3-2-5-6(4-19)17-8(10(14,15)16)18-7(5)9(11,12)13;1-13(6-2-3-7-14)9-10(11,12)5-4-8-15/h2-4H2,1H3;7-8H,2-6,9H2,1H3. The molecule has 0 radical (unpaired) electrons. The molecule has 2 heterocycles. The summed E-state index contributed by atoms with van der Waals surface area (Å²) in [6, 6.07) is 0. The van der Waals surface area contributed by atoms with Gasteiger partial charge in [0.05, 0.1) is 12.2 Å². The van der Waals surface area contributed by atoms with E-state index >= 15 is 0 Å². The van der Waals surface area contributed by atoms with Gasteiger partial charge in [0, 0.05) is 37.9 Å². The summed E-state index contributed by atoms with van der Waals surface area (Å²) in [5.41, 5.74) is -1.92. The fourth-order valence-corrected chi connectivity index (χ4v) is 3.19. The van der Waals surface area contributed by atoms with Gasteiger partial charge in [0.15, 0.2) is 5.69 Å². The molecular formula is C20H26F8N4O2. The van der Waals surface area contributed by atoms with Gasteiger partial charge in [-0.05, 0) is 33.5 Å². The van der Waals surface area contributed by atoms with Crippen molar-refractivity contribution in [3.8, 4) is 0 Å². The summed E-state index contributed by atoms with van der Waals surface area (Å²) in [6.07, 6.45) is -8.19. The van der Waals surface area contributed by atoms with E-state index in [1.165, 1.54) is 4.90 Å². The molecule has 1 aromatic rings. The number of carbonyl (C=O) groups excluding carboxylic acids is 2. The van der Waals surface area contributed by atoms with Gasteiger partial charge in [-0.1, -0.05) is 0 Å². The van der Waals surface area contributed by atoms with Crippen LogP contribution in [0.5, 0.6) is 0 Å². The van der Waals surface area contributed by atoms with Crippen molar-refractivity contribution >= 4 is 12.6 Å². The summed E-state index contributed by atoms with van der Waals surface area (Å²) < 4.78 is 102. The van der Waals surface area contributed by atoms with Crippen molar-refractivity contribution in [2.75, 3.05) is 33.7 Å². The number of aromatic nitrogens is 2. The van der Waals surface area contributed by atoms with Gasteiger partial charge in [-0.2, -0.15) is 26.3 Å². The molecule has 0 spiro atoms. The Labute approximate surface area is 191 Å². The van der Waals surface area contributed by atoms with Crippen LogP contribution in [0.3, 0.4) is 0 Å². The minimum Gasteiger partial charge on any atom is -0.303 e. The lowest BCUT2D eigenvalue weighted by Crippen LogP contribution is -2.35. The van der Waals surface area contributed by atoms with Crippen molar-refractivity contribution in [1.82, 2.24) is 19.8 Å². The lowest BCUT2D eigenvalue weighted by molar-refractivity contribution is -0.153. The zero-order chi connectivity index (χ0) is 26.2. The Bertz CT molecular complexity index is 815. The van der Waals surface area contributed by atoms with Gasteiger partial charge in [-0.15, -0.1) is 0 Å². The number of unbranched alkanes of at least 4 members (excludes halogenated alkanes) is 1. The third-order valence-electron chi connectivity index (χ3n) is 4.77. The molecule has 0 fully saturated rings. The number of hydrogen-bond donors (Lipinski definition) is 0. The number of halogens is 8. The summed E-state index contributed by atoms with van der Waals surface area (Å²) in [5, 5.41) is 0. The average molecular weight is 506 g/mol. The van der Waals surface area contributed by atoms with Crippen molar-refractivity contribution in [3.63, 3.8) is 0 Å². The van der Waals surface area contributed by atoms with Crippen molar-refractivity contribution < 1.29 is 44.7 Å². The number of likely N-dealkylation sites (N-methyl/N-ethyl adjacent to an activating group) is 1. The SMILES string of the molecule is CN(CCCC=O)CC(F)(F)CCC=O.CN1CCc2c(nc(C(F)(F)F)nc2C(F)(F)F)C1. The van der Waals surface area contributed by atoms with Crippen LogP contribution < -0.4 is 0 Å². The second kappa shape index (κ2) is 12.5. The van der Waals surface area contributed by atoms with Gasteiger partial charge in [0.1, 0.15) is 12.6 Å². The molecule has 0 saturated heterocycles. The number of nitrogens with zero attached hydrogens (tertiary/aromatic N) is 4. The summed E-state index contributed by atoms with van der Waals surface area (Å²) in [7, 11) is 3.19. The highest BCUT2D eigenvalue weighted by atomic mass is 19.4. The first kappa shape index (κ1) is 29.8. The van der Waals surface area contributed by atoms with Gasteiger partial charge in [-0.3, -0.25) is 0 Å². The van der Waals surface area contributed by atoms with Crippen LogP contribution in [-0.2, 0) is 34.9 Å². The minimum atomic E-state index is -4.99. The topological polar surface area (TPSA) is 66.4 Å². The van der Waals surface area contributed by atoms with E-state index in [4.69, 9.17) is 0 Å². The molecule has 0 saturated carbocycles. The van der Waals surface area contributed by atoms with Crippen LogP contribution in [0.25, 0.3) is 0 Å². The normalized spacial score (nSPS) is 14.9. The predicted molar refractivity (Wildman–Crippen MR) is 105 cm³/mol. The van der Waals surface area contributed by atoms with E-state index in [0.29, 0.717) is 32.2 Å². The van der Waals surface area contributed by atoms with Crippen LogP contribution in [0, 0.1) is 0 Å². The second-order valence-corrected chi connectivity index (χ2v) is 7.91. The Morgan fingerprint density at radius 2 is 1.59 bits per heavy atom. The summed E-state index contributed by atoms with van der Waals surface area (Å²) >= 11 is 0. The number of rotatable bonds is 9. The first-order valence-electron chi connectivity index (χ1n) is 10.3. The minimum absolute atomic E-state index is 0.0151. The molecule has 194 valence electrons. The molecular weight excluding hydrogens is 480 g/mol. The van der Waals surface area contributed by atoms with Gasteiger partial charge in [0.25, 0.3) is 5.92 Å². The van der Waals surface area contributed by atoms with Crippen LogP contribution >= 0.6 is 0 Å². The first-order valence-corrected chi connectivity index (χ1v) is 10.3. The first-order chi connectivity index (χ1) is 15.6. The summed E-state index contributed by atoms with van der Waals surface area (Å²) in [4.78, 5) is 29.0. The fourth-order valence-electron chi connectivity index (χ4n) is 3.19. The predicted octanol–water partition coefficient (Wildman–Crippen LogP) is 4.01. The molecule has 1 aliphatic heterocycles. The van der Waals surface area contributed by atoms with Crippen molar-refractivity contribution in [2.45, 2.75) is 56.9 Å². The molecule has 14 heteroatoms. The molecule has 0 amide bonds. The second-order valence-electron chi connectivity index (χ2n) is 7.91. The molecule has 0 atom stereocenters. The molecule has 2 rings (SSSR count). The molecule has 0 N–H and O–H groups in total. The maximum atomic E-state index is 13.1. The lowest BCUT2D eigenvalue weighted by Gasteiger charge is -2.26. The van der Waals surface area contributed by atoms with Crippen LogP contribution in [0.2, 0.25) is 0 Å². The highest BCUT2D eigenvalue weighted by molar-refractivity contribution is 5.49. The molecule has 0 aliphatic carbocycles. The highest BCUT2D eigenvalue weighted by Crippen LogP contribution is 2.36. The Morgan fingerprint density at radius 1 is 0.971 bits per heavy atom. The van der Waals surface area contributed by atoms with Crippen molar-refractivity contribution in [1.29, 1.82) is 0 Å². The van der Waals surface area contributed by atoms with E-state index in [2.05, 4.69) is 9.97 Å². The Balaban J connectivity index is 0.000000352. The van der Waals surface area contributed by atoms with Gasteiger partial charge < -0.3 is 19.4 Å².